The van der Waals surface area contributed by atoms with E-state index >= 15 is 0 Å². The van der Waals surface area contributed by atoms with Crippen LogP contribution in [0.1, 0.15) is 42.6 Å². The van der Waals surface area contributed by atoms with Gasteiger partial charge in [-0.15, -0.1) is 0 Å². The van der Waals surface area contributed by atoms with Crippen molar-refractivity contribution in [1.82, 2.24) is 4.98 Å². The van der Waals surface area contributed by atoms with Crippen LogP contribution < -0.4 is 0 Å². The maximum Gasteiger partial charge on any atom is 0.316 e. The molecule has 1 aromatic heterocycles. The van der Waals surface area contributed by atoms with Crippen LogP contribution in [0.2, 0.25) is 0 Å². The molecule has 1 atom stereocenters. The molecular formula is C14H19NO3. The van der Waals surface area contributed by atoms with E-state index in [9.17, 15) is 9.59 Å². The third-order valence-electron chi connectivity index (χ3n) is 2.77. The number of hydrogen-bond acceptors (Lipinski definition) is 4. The molecule has 18 heavy (non-hydrogen) atoms. The lowest BCUT2D eigenvalue weighted by atomic mass is 9.92. The van der Waals surface area contributed by atoms with Crippen LogP contribution in [0, 0.1) is 12.8 Å². The van der Waals surface area contributed by atoms with Crippen molar-refractivity contribution < 1.29 is 14.3 Å². The molecular weight excluding hydrogens is 230 g/mol. The standard InChI is InChI=1S/C14H19NO3/c1-4-6-11(14(17)18-5-2)13(16)12-9-15-8-7-10(12)3/h7-9,11H,4-6H2,1-3H3. The molecule has 0 aromatic carbocycles. The van der Waals surface area contributed by atoms with E-state index in [4.69, 9.17) is 4.74 Å². The summed E-state index contributed by atoms with van der Waals surface area (Å²) in [6.07, 6.45) is 4.41. The average molecular weight is 249 g/mol. The van der Waals surface area contributed by atoms with Crippen LogP contribution in [-0.2, 0) is 9.53 Å². The zero-order chi connectivity index (χ0) is 13.5. The van der Waals surface area contributed by atoms with Gasteiger partial charge in [0, 0.05) is 18.0 Å². The van der Waals surface area contributed by atoms with Gasteiger partial charge in [0.25, 0.3) is 0 Å². The lowest BCUT2D eigenvalue weighted by Crippen LogP contribution is -2.27. The van der Waals surface area contributed by atoms with E-state index in [1.165, 1.54) is 6.20 Å². The molecule has 0 aliphatic rings. The second-order valence-electron chi connectivity index (χ2n) is 4.15. The van der Waals surface area contributed by atoms with Crippen molar-refractivity contribution in [2.45, 2.75) is 33.6 Å². The van der Waals surface area contributed by atoms with Gasteiger partial charge in [-0.3, -0.25) is 14.6 Å². The van der Waals surface area contributed by atoms with Gasteiger partial charge in [0.15, 0.2) is 5.78 Å². The lowest BCUT2D eigenvalue weighted by molar-refractivity contribution is -0.146. The molecule has 1 unspecified atom stereocenters. The SMILES string of the molecule is CCCC(C(=O)OCC)C(=O)c1cnccc1C. The van der Waals surface area contributed by atoms with Crippen molar-refractivity contribution in [3.05, 3.63) is 29.6 Å². The summed E-state index contributed by atoms with van der Waals surface area (Å²) in [6, 6.07) is 1.77. The van der Waals surface area contributed by atoms with Crippen LogP contribution in [0.4, 0.5) is 0 Å². The van der Waals surface area contributed by atoms with E-state index in [0.717, 1.165) is 12.0 Å². The summed E-state index contributed by atoms with van der Waals surface area (Å²) in [7, 11) is 0. The van der Waals surface area contributed by atoms with Gasteiger partial charge < -0.3 is 4.74 Å². The van der Waals surface area contributed by atoms with E-state index in [0.29, 0.717) is 18.6 Å². The average Bonchev–Trinajstić information content (AvgIpc) is 2.36. The Morgan fingerprint density at radius 1 is 1.39 bits per heavy atom. The summed E-state index contributed by atoms with van der Waals surface area (Å²) in [5.41, 5.74) is 1.34. The highest BCUT2D eigenvalue weighted by Crippen LogP contribution is 2.18. The fourth-order valence-electron chi connectivity index (χ4n) is 1.80. The van der Waals surface area contributed by atoms with E-state index in [2.05, 4.69) is 4.98 Å². The molecule has 4 nitrogen and oxygen atoms in total. The zero-order valence-electron chi connectivity index (χ0n) is 11.1. The van der Waals surface area contributed by atoms with Crippen molar-refractivity contribution in [2.75, 3.05) is 6.61 Å². The highest BCUT2D eigenvalue weighted by Gasteiger charge is 2.28. The number of carbonyl (C=O) groups excluding carboxylic acids is 2. The molecule has 1 heterocycles. The van der Waals surface area contributed by atoms with Crippen molar-refractivity contribution in [3.8, 4) is 0 Å². The van der Waals surface area contributed by atoms with Gasteiger partial charge in [0.05, 0.1) is 6.61 Å². The van der Waals surface area contributed by atoms with Crippen LogP contribution in [0.3, 0.4) is 0 Å². The lowest BCUT2D eigenvalue weighted by Gasteiger charge is -2.14. The summed E-state index contributed by atoms with van der Waals surface area (Å²) >= 11 is 0. The smallest absolute Gasteiger partial charge is 0.316 e. The first-order valence-electron chi connectivity index (χ1n) is 6.23. The minimum atomic E-state index is -0.710. The number of aromatic nitrogens is 1. The Balaban J connectivity index is 2.96. The first-order chi connectivity index (χ1) is 8.61. The van der Waals surface area contributed by atoms with Crippen LogP contribution in [0.25, 0.3) is 0 Å². The van der Waals surface area contributed by atoms with Gasteiger partial charge in [-0.05, 0) is 31.9 Å². The van der Waals surface area contributed by atoms with Gasteiger partial charge in [0.1, 0.15) is 5.92 Å². The summed E-state index contributed by atoms with van der Waals surface area (Å²) in [4.78, 5) is 28.1. The molecule has 0 radical (unpaired) electrons. The highest BCUT2D eigenvalue weighted by molar-refractivity contribution is 6.09. The highest BCUT2D eigenvalue weighted by atomic mass is 16.5. The van der Waals surface area contributed by atoms with Crippen LogP contribution in [0.15, 0.2) is 18.5 Å². The number of ketones is 1. The fourth-order valence-corrected chi connectivity index (χ4v) is 1.80. The molecule has 0 amide bonds. The molecule has 0 fully saturated rings. The van der Waals surface area contributed by atoms with Crippen molar-refractivity contribution in [2.24, 2.45) is 5.92 Å². The molecule has 0 spiro atoms. The normalized spacial score (nSPS) is 11.9. The molecule has 0 N–H and O–H groups in total. The first kappa shape index (κ1) is 14.4. The quantitative estimate of drug-likeness (QED) is 0.441. The topological polar surface area (TPSA) is 56.3 Å². The monoisotopic (exact) mass is 249 g/mol. The molecule has 98 valence electrons. The van der Waals surface area contributed by atoms with Crippen molar-refractivity contribution >= 4 is 11.8 Å². The number of esters is 1. The van der Waals surface area contributed by atoms with E-state index in [1.807, 2.05) is 13.8 Å². The number of ether oxygens (including phenoxy) is 1. The maximum absolute atomic E-state index is 12.3. The number of carbonyl (C=O) groups is 2. The Morgan fingerprint density at radius 3 is 2.67 bits per heavy atom. The molecule has 1 rings (SSSR count). The Labute approximate surface area is 107 Å². The number of hydrogen-bond donors (Lipinski definition) is 0. The minimum Gasteiger partial charge on any atom is -0.465 e. The van der Waals surface area contributed by atoms with Gasteiger partial charge in [-0.25, -0.2) is 0 Å². The third-order valence-corrected chi connectivity index (χ3v) is 2.77. The second-order valence-corrected chi connectivity index (χ2v) is 4.15. The van der Waals surface area contributed by atoms with Gasteiger partial charge in [0.2, 0.25) is 0 Å². The molecule has 4 heteroatoms. The van der Waals surface area contributed by atoms with Crippen molar-refractivity contribution in [3.63, 3.8) is 0 Å². The Morgan fingerprint density at radius 2 is 2.11 bits per heavy atom. The van der Waals surface area contributed by atoms with Crippen LogP contribution in [0.5, 0.6) is 0 Å². The van der Waals surface area contributed by atoms with E-state index in [-0.39, 0.29) is 5.78 Å². The Bertz CT molecular complexity index is 429. The second kappa shape index (κ2) is 6.89. The van der Waals surface area contributed by atoms with E-state index in [1.54, 1.807) is 19.2 Å². The minimum absolute atomic E-state index is 0.194. The third kappa shape index (κ3) is 3.39. The predicted molar refractivity (Wildman–Crippen MR) is 68.3 cm³/mol. The molecule has 0 aliphatic carbocycles. The first-order valence-corrected chi connectivity index (χ1v) is 6.23. The Kier molecular flexibility index (Phi) is 5.49. The number of nitrogens with zero attached hydrogens (tertiary/aromatic N) is 1. The Hall–Kier alpha value is -1.71. The fraction of sp³-hybridized carbons (Fsp3) is 0.500. The summed E-state index contributed by atoms with van der Waals surface area (Å²) < 4.78 is 4.96. The summed E-state index contributed by atoms with van der Waals surface area (Å²) in [6.45, 7) is 5.80. The number of pyridine rings is 1. The van der Waals surface area contributed by atoms with E-state index < -0.39 is 11.9 Å². The largest absolute Gasteiger partial charge is 0.465 e. The summed E-state index contributed by atoms with van der Waals surface area (Å²) in [5, 5.41) is 0. The van der Waals surface area contributed by atoms with Gasteiger partial charge in [-0.2, -0.15) is 0 Å². The zero-order valence-corrected chi connectivity index (χ0v) is 11.1. The van der Waals surface area contributed by atoms with Crippen LogP contribution >= 0.6 is 0 Å². The maximum atomic E-state index is 12.3. The molecule has 0 aliphatic heterocycles. The molecule has 0 saturated carbocycles. The number of aryl methyl sites for hydroxylation is 1. The number of rotatable bonds is 6. The summed E-state index contributed by atoms with van der Waals surface area (Å²) in [5.74, 6) is -1.34. The molecule has 1 aromatic rings. The number of Topliss-reactive ketones (excluding diaryl/α,β-unsaturated/α-hetero) is 1. The molecule has 0 saturated heterocycles. The predicted octanol–water partition coefficient (Wildman–Crippen LogP) is 2.55. The van der Waals surface area contributed by atoms with Gasteiger partial charge >= 0.3 is 5.97 Å². The van der Waals surface area contributed by atoms with Crippen molar-refractivity contribution in [1.29, 1.82) is 0 Å². The van der Waals surface area contributed by atoms with Gasteiger partial charge in [-0.1, -0.05) is 13.3 Å². The van der Waals surface area contributed by atoms with Crippen LogP contribution in [-0.4, -0.2) is 23.3 Å². The molecule has 0 bridgehead atoms.